The summed E-state index contributed by atoms with van der Waals surface area (Å²) >= 11 is 8.79. The number of nitrogens with zero attached hydrogens (tertiary/aromatic N) is 1. The molecule has 78 valence electrons. The van der Waals surface area contributed by atoms with Crippen LogP contribution in [0, 0.1) is 0 Å². The molecule has 0 aliphatic carbocycles. The predicted octanol–water partition coefficient (Wildman–Crippen LogP) is 2.98. The summed E-state index contributed by atoms with van der Waals surface area (Å²) in [6.45, 7) is 1.10. The van der Waals surface area contributed by atoms with Gasteiger partial charge in [0.1, 0.15) is 0 Å². The maximum atomic E-state index is 6.10. The lowest BCUT2D eigenvalue weighted by Gasteiger charge is -2.21. The van der Waals surface area contributed by atoms with Crippen LogP contribution in [0.25, 0.3) is 0 Å². The maximum absolute atomic E-state index is 6.10. The van der Waals surface area contributed by atoms with Crippen LogP contribution in [0.3, 0.4) is 0 Å². The second kappa shape index (κ2) is 4.22. The van der Waals surface area contributed by atoms with Crippen molar-refractivity contribution < 1.29 is 0 Å². The molecular formula is C9H12Br2N2S. The van der Waals surface area contributed by atoms with Gasteiger partial charge < -0.3 is 5.73 Å². The van der Waals surface area contributed by atoms with E-state index in [2.05, 4.69) is 49.9 Å². The monoisotopic (exact) mass is 338 g/mol. The first-order valence-corrected chi connectivity index (χ1v) is 6.90. The molecule has 2 nitrogen and oxygen atoms in total. The normalized spacial score (nSPS) is 28.6. The van der Waals surface area contributed by atoms with E-state index in [0.29, 0.717) is 6.04 Å². The van der Waals surface area contributed by atoms with Crippen LogP contribution in [0.2, 0.25) is 0 Å². The van der Waals surface area contributed by atoms with Crippen LogP contribution in [0.5, 0.6) is 0 Å². The fourth-order valence-corrected chi connectivity index (χ4v) is 4.25. The van der Waals surface area contributed by atoms with Crippen molar-refractivity contribution >= 4 is 43.2 Å². The van der Waals surface area contributed by atoms with Crippen molar-refractivity contribution in [1.29, 1.82) is 0 Å². The summed E-state index contributed by atoms with van der Waals surface area (Å²) in [5, 5.41) is 0. The smallest absolute Gasteiger partial charge is 0.0843 e. The summed E-state index contributed by atoms with van der Waals surface area (Å²) in [6.07, 6.45) is 1.09. The molecule has 2 rings (SSSR count). The highest BCUT2D eigenvalue weighted by molar-refractivity contribution is 9.13. The van der Waals surface area contributed by atoms with Crippen molar-refractivity contribution in [2.75, 3.05) is 13.6 Å². The third-order valence-corrected chi connectivity index (χ3v) is 5.98. The number of hydrogen-bond acceptors (Lipinski definition) is 3. The van der Waals surface area contributed by atoms with Crippen LogP contribution in [-0.2, 0) is 0 Å². The first-order valence-electron chi connectivity index (χ1n) is 4.50. The van der Waals surface area contributed by atoms with Crippen LogP contribution in [0.1, 0.15) is 17.3 Å². The second-order valence-electron chi connectivity index (χ2n) is 3.65. The summed E-state index contributed by atoms with van der Waals surface area (Å²) in [5.41, 5.74) is 6.10. The maximum Gasteiger partial charge on any atom is 0.0843 e. The van der Waals surface area contributed by atoms with Gasteiger partial charge in [0, 0.05) is 21.9 Å². The Labute approximate surface area is 105 Å². The minimum absolute atomic E-state index is 0.275. The lowest BCUT2D eigenvalue weighted by Crippen LogP contribution is -2.28. The Bertz CT molecular complexity index is 310. The summed E-state index contributed by atoms with van der Waals surface area (Å²) in [4.78, 5) is 3.67. The zero-order valence-corrected chi connectivity index (χ0v) is 11.8. The van der Waals surface area contributed by atoms with Gasteiger partial charge >= 0.3 is 0 Å². The third kappa shape index (κ3) is 1.93. The van der Waals surface area contributed by atoms with Gasteiger partial charge in [0.2, 0.25) is 0 Å². The molecule has 1 saturated heterocycles. The van der Waals surface area contributed by atoms with Gasteiger partial charge in [-0.3, -0.25) is 4.90 Å². The molecule has 5 heteroatoms. The Kier molecular flexibility index (Phi) is 3.34. The molecule has 0 spiro atoms. The average molecular weight is 340 g/mol. The Morgan fingerprint density at radius 3 is 2.71 bits per heavy atom. The van der Waals surface area contributed by atoms with Gasteiger partial charge in [-0.1, -0.05) is 0 Å². The molecule has 1 aliphatic rings. The van der Waals surface area contributed by atoms with Crippen LogP contribution in [-0.4, -0.2) is 24.5 Å². The lowest BCUT2D eigenvalue weighted by molar-refractivity contribution is 0.308. The molecule has 1 aromatic rings. The number of thiophene rings is 1. The molecule has 0 aromatic carbocycles. The predicted molar refractivity (Wildman–Crippen MR) is 67.7 cm³/mol. The summed E-state index contributed by atoms with van der Waals surface area (Å²) in [7, 11) is 2.14. The van der Waals surface area contributed by atoms with Crippen molar-refractivity contribution in [1.82, 2.24) is 4.90 Å². The van der Waals surface area contributed by atoms with E-state index in [1.54, 1.807) is 11.3 Å². The van der Waals surface area contributed by atoms with Gasteiger partial charge in [-0.25, -0.2) is 0 Å². The van der Waals surface area contributed by atoms with Gasteiger partial charge in [-0.05, 0) is 51.4 Å². The average Bonchev–Trinajstić information content (AvgIpc) is 2.59. The molecule has 0 bridgehead atoms. The molecule has 2 heterocycles. The summed E-state index contributed by atoms with van der Waals surface area (Å²) < 4.78 is 2.28. The van der Waals surface area contributed by atoms with E-state index >= 15 is 0 Å². The van der Waals surface area contributed by atoms with E-state index in [9.17, 15) is 0 Å². The fourth-order valence-electron chi connectivity index (χ4n) is 1.91. The van der Waals surface area contributed by atoms with Crippen molar-refractivity contribution in [3.8, 4) is 0 Å². The van der Waals surface area contributed by atoms with E-state index < -0.39 is 0 Å². The summed E-state index contributed by atoms with van der Waals surface area (Å²) in [5.74, 6) is 0. The number of rotatable bonds is 1. The van der Waals surface area contributed by atoms with Gasteiger partial charge in [0.25, 0.3) is 0 Å². The molecular weight excluding hydrogens is 328 g/mol. The molecule has 1 aliphatic heterocycles. The number of hydrogen-bond donors (Lipinski definition) is 1. The molecule has 0 amide bonds. The topological polar surface area (TPSA) is 29.3 Å². The van der Waals surface area contributed by atoms with Gasteiger partial charge in [-0.15, -0.1) is 11.3 Å². The Hall–Kier alpha value is 0.580. The quantitative estimate of drug-likeness (QED) is 0.852. The number of likely N-dealkylation sites (tertiary alicyclic amines) is 1. The summed E-state index contributed by atoms with van der Waals surface area (Å²) in [6, 6.07) is 2.83. The third-order valence-electron chi connectivity index (χ3n) is 2.65. The standard InChI is InChI=1S/C9H12Br2N2S/c1-13-3-2-6(12)8(13)7-4-5(10)9(11)14-7/h4,6,8H,2-3,12H2,1H3. The Morgan fingerprint density at radius 2 is 2.29 bits per heavy atom. The highest BCUT2D eigenvalue weighted by Crippen LogP contribution is 2.40. The number of halogens is 2. The SMILES string of the molecule is CN1CCC(N)C1c1cc(Br)c(Br)s1. The Morgan fingerprint density at radius 1 is 1.57 bits per heavy atom. The molecule has 14 heavy (non-hydrogen) atoms. The molecule has 0 saturated carbocycles. The number of nitrogens with two attached hydrogens (primary N) is 1. The first kappa shape index (κ1) is 11.1. The van der Waals surface area contributed by atoms with E-state index in [4.69, 9.17) is 5.73 Å². The van der Waals surface area contributed by atoms with Crippen LogP contribution < -0.4 is 5.73 Å². The van der Waals surface area contributed by atoms with Gasteiger partial charge in [-0.2, -0.15) is 0 Å². The minimum Gasteiger partial charge on any atom is -0.326 e. The highest BCUT2D eigenvalue weighted by atomic mass is 79.9. The van der Waals surface area contributed by atoms with Gasteiger partial charge in [0.15, 0.2) is 0 Å². The van der Waals surface area contributed by atoms with Crippen LogP contribution >= 0.6 is 43.2 Å². The van der Waals surface area contributed by atoms with Crippen LogP contribution in [0.4, 0.5) is 0 Å². The molecule has 1 fully saturated rings. The van der Waals surface area contributed by atoms with E-state index in [-0.39, 0.29) is 6.04 Å². The Balaban J connectivity index is 2.29. The zero-order chi connectivity index (χ0) is 10.3. The highest BCUT2D eigenvalue weighted by Gasteiger charge is 2.31. The van der Waals surface area contributed by atoms with Crippen molar-refractivity contribution in [2.24, 2.45) is 5.73 Å². The molecule has 0 radical (unpaired) electrons. The van der Waals surface area contributed by atoms with Crippen molar-refractivity contribution in [2.45, 2.75) is 18.5 Å². The van der Waals surface area contributed by atoms with E-state index in [1.165, 1.54) is 4.88 Å². The van der Waals surface area contributed by atoms with E-state index in [0.717, 1.165) is 21.2 Å². The van der Waals surface area contributed by atoms with Crippen LogP contribution in [0.15, 0.2) is 14.3 Å². The molecule has 2 atom stereocenters. The first-order chi connectivity index (χ1) is 6.59. The molecule has 1 aromatic heterocycles. The molecule has 2 unspecified atom stereocenters. The fraction of sp³-hybridized carbons (Fsp3) is 0.556. The molecule has 2 N–H and O–H groups in total. The van der Waals surface area contributed by atoms with Crippen molar-refractivity contribution in [3.05, 3.63) is 19.2 Å². The van der Waals surface area contributed by atoms with Gasteiger partial charge in [0.05, 0.1) is 9.83 Å². The lowest BCUT2D eigenvalue weighted by atomic mass is 10.1. The largest absolute Gasteiger partial charge is 0.326 e. The minimum atomic E-state index is 0.275. The number of likely N-dealkylation sites (N-methyl/N-ethyl adjacent to an activating group) is 1. The zero-order valence-electron chi connectivity index (χ0n) is 7.84. The second-order valence-corrected chi connectivity index (χ2v) is 6.90. The van der Waals surface area contributed by atoms with E-state index in [1.807, 2.05) is 0 Å². The van der Waals surface area contributed by atoms with Crippen molar-refractivity contribution in [3.63, 3.8) is 0 Å².